The topological polar surface area (TPSA) is 156 Å². The number of morpholine rings is 1. The monoisotopic (exact) mass is 544 g/mol. The number of hydrogen-bond acceptors (Lipinski definition) is 8. The third-order valence-electron chi connectivity index (χ3n) is 5.74. The molecule has 0 aromatic carbocycles. The van der Waals surface area contributed by atoms with E-state index in [1.165, 1.54) is 0 Å². The molecular formula is C21H32F4N4O8. The minimum absolute atomic E-state index is 0.0155. The molecule has 1 unspecified atom stereocenters. The van der Waals surface area contributed by atoms with E-state index in [0.29, 0.717) is 26.3 Å². The lowest BCUT2D eigenvalue weighted by atomic mass is 10.0. The van der Waals surface area contributed by atoms with Crippen LogP contribution in [0.15, 0.2) is 0 Å². The minimum atomic E-state index is -3.32. The van der Waals surface area contributed by atoms with Gasteiger partial charge in [0.25, 0.3) is 0 Å². The van der Waals surface area contributed by atoms with Crippen LogP contribution in [-0.4, -0.2) is 110 Å². The molecule has 1 aliphatic carbocycles. The summed E-state index contributed by atoms with van der Waals surface area (Å²) in [7, 11) is 0. The quantitative estimate of drug-likeness (QED) is 0.200. The van der Waals surface area contributed by atoms with Gasteiger partial charge in [-0.1, -0.05) is 13.8 Å². The number of carboxylic acid groups (broad SMARTS) is 1. The smallest absolute Gasteiger partial charge is 0.345 e. The predicted molar refractivity (Wildman–Crippen MR) is 117 cm³/mol. The average Bonchev–Trinajstić information content (AvgIpc) is 3.47. The summed E-state index contributed by atoms with van der Waals surface area (Å²) in [5.41, 5.74) is -2.10. The van der Waals surface area contributed by atoms with Crippen molar-refractivity contribution in [3.63, 3.8) is 0 Å². The molecule has 2 rings (SSSR count). The van der Waals surface area contributed by atoms with E-state index in [2.05, 4.69) is 20.1 Å². The van der Waals surface area contributed by atoms with Crippen LogP contribution in [0.4, 0.5) is 17.6 Å². The number of hydrogen-bond donors (Lipinski definition) is 4. The van der Waals surface area contributed by atoms with Gasteiger partial charge in [0.05, 0.1) is 32.5 Å². The third kappa shape index (κ3) is 9.68. The molecular weight excluding hydrogens is 512 g/mol. The van der Waals surface area contributed by atoms with Gasteiger partial charge in [0.1, 0.15) is 11.6 Å². The van der Waals surface area contributed by atoms with Gasteiger partial charge in [0.2, 0.25) is 17.7 Å². The van der Waals surface area contributed by atoms with Gasteiger partial charge in [-0.2, -0.15) is 17.6 Å². The van der Waals surface area contributed by atoms with Gasteiger partial charge >= 0.3 is 19.2 Å². The number of carboxylic acids is 1. The van der Waals surface area contributed by atoms with E-state index in [1.54, 1.807) is 13.8 Å². The van der Waals surface area contributed by atoms with Gasteiger partial charge in [-0.15, -0.1) is 0 Å². The second kappa shape index (κ2) is 13.8. The van der Waals surface area contributed by atoms with E-state index in [0.717, 1.165) is 0 Å². The highest BCUT2D eigenvalue weighted by atomic mass is 19.3. The van der Waals surface area contributed by atoms with E-state index in [9.17, 15) is 41.8 Å². The molecule has 1 saturated heterocycles. The van der Waals surface area contributed by atoms with E-state index in [4.69, 9.17) is 4.74 Å². The van der Waals surface area contributed by atoms with Crippen LogP contribution in [0.2, 0.25) is 0 Å². The first-order valence-electron chi connectivity index (χ1n) is 11.6. The Morgan fingerprint density at radius 3 is 2.24 bits per heavy atom. The number of amides is 3. The van der Waals surface area contributed by atoms with Crippen LogP contribution in [0.25, 0.3) is 0 Å². The maximum Gasteiger partial charge on any atom is 0.345 e. The van der Waals surface area contributed by atoms with E-state index in [1.807, 2.05) is 10.2 Å². The average molecular weight is 544 g/mol. The van der Waals surface area contributed by atoms with Crippen molar-refractivity contribution in [3.05, 3.63) is 0 Å². The van der Waals surface area contributed by atoms with Crippen molar-refractivity contribution in [2.24, 2.45) is 5.92 Å². The number of carbonyl (C=O) groups is 4. The molecule has 16 heteroatoms. The van der Waals surface area contributed by atoms with Crippen LogP contribution < -0.4 is 16.0 Å². The van der Waals surface area contributed by atoms with Crippen LogP contribution in [0, 0.1) is 5.92 Å². The highest BCUT2D eigenvalue weighted by Gasteiger charge is 2.64. The number of aliphatic carboxylic acids is 1. The molecule has 4 N–H and O–H groups in total. The number of carbonyl (C=O) groups excluding carboxylic acids is 3. The van der Waals surface area contributed by atoms with Crippen LogP contribution in [-0.2, 0) is 33.4 Å². The molecule has 1 heterocycles. The van der Waals surface area contributed by atoms with Crippen molar-refractivity contribution in [2.45, 2.75) is 63.6 Å². The van der Waals surface area contributed by atoms with Gasteiger partial charge in [0, 0.05) is 19.5 Å². The molecule has 0 radical (unpaired) electrons. The summed E-state index contributed by atoms with van der Waals surface area (Å²) in [5, 5.41) is 16.0. The molecule has 0 aromatic rings. The maximum absolute atomic E-state index is 13.1. The van der Waals surface area contributed by atoms with E-state index in [-0.39, 0.29) is 18.9 Å². The Balaban J connectivity index is 2.13. The van der Waals surface area contributed by atoms with Crippen molar-refractivity contribution in [3.8, 4) is 0 Å². The highest BCUT2D eigenvalue weighted by Crippen LogP contribution is 2.41. The van der Waals surface area contributed by atoms with Crippen LogP contribution in [0.5, 0.6) is 0 Å². The van der Waals surface area contributed by atoms with E-state index < -0.39 is 73.7 Å². The number of halogens is 4. The predicted octanol–water partition coefficient (Wildman–Crippen LogP) is -0.475. The zero-order chi connectivity index (χ0) is 27.8. The van der Waals surface area contributed by atoms with Gasteiger partial charge in [0.15, 0.2) is 6.04 Å². The van der Waals surface area contributed by atoms with E-state index >= 15 is 0 Å². The molecule has 37 heavy (non-hydrogen) atoms. The summed E-state index contributed by atoms with van der Waals surface area (Å²) in [5.74, 6) is -4.42. The molecule has 0 aromatic heterocycles. The molecule has 2 aliphatic rings. The van der Waals surface area contributed by atoms with Gasteiger partial charge in [-0.3, -0.25) is 19.3 Å². The Bertz CT molecular complexity index is 815. The number of nitrogens with one attached hydrogen (secondary N) is 3. The van der Waals surface area contributed by atoms with Crippen molar-refractivity contribution < 1.29 is 56.1 Å². The first-order valence-corrected chi connectivity index (χ1v) is 11.6. The third-order valence-corrected chi connectivity index (χ3v) is 5.74. The first kappa shape index (κ1) is 30.7. The molecule has 12 nitrogen and oxygen atoms in total. The second-order valence-corrected chi connectivity index (χ2v) is 9.15. The minimum Gasteiger partial charge on any atom is -0.480 e. The van der Waals surface area contributed by atoms with Crippen LogP contribution in [0.3, 0.4) is 0 Å². The van der Waals surface area contributed by atoms with Crippen LogP contribution >= 0.6 is 0 Å². The summed E-state index contributed by atoms with van der Waals surface area (Å²) in [6.45, 7) is -2.27. The zero-order valence-corrected chi connectivity index (χ0v) is 20.4. The number of rotatable bonds is 15. The van der Waals surface area contributed by atoms with Gasteiger partial charge in [-0.25, -0.2) is 4.79 Å². The van der Waals surface area contributed by atoms with Gasteiger partial charge < -0.3 is 35.3 Å². The lowest BCUT2D eigenvalue weighted by Gasteiger charge is -2.28. The van der Waals surface area contributed by atoms with Crippen molar-refractivity contribution >= 4 is 23.7 Å². The Labute approximate surface area is 210 Å². The van der Waals surface area contributed by atoms with Crippen LogP contribution in [0.1, 0.15) is 26.7 Å². The largest absolute Gasteiger partial charge is 0.480 e. The lowest BCUT2D eigenvalue weighted by molar-refractivity contribution is -0.159. The zero-order valence-electron chi connectivity index (χ0n) is 20.4. The Morgan fingerprint density at radius 2 is 1.70 bits per heavy atom. The fraction of sp³-hybridized carbons (Fsp3) is 0.810. The summed E-state index contributed by atoms with van der Waals surface area (Å²) in [6.07, 6.45) is -1.82. The number of alkyl halides is 4. The summed E-state index contributed by atoms with van der Waals surface area (Å²) >= 11 is 0. The first-order chi connectivity index (χ1) is 17.3. The fourth-order valence-electron chi connectivity index (χ4n) is 3.79. The Morgan fingerprint density at radius 1 is 1.05 bits per heavy atom. The normalized spacial score (nSPS) is 23.5. The molecule has 212 valence electrons. The molecule has 1 saturated carbocycles. The lowest BCUT2D eigenvalue weighted by Crippen LogP contribution is -2.60. The summed E-state index contributed by atoms with van der Waals surface area (Å²) in [6, 6.07) is -3.11. The van der Waals surface area contributed by atoms with Crippen molar-refractivity contribution in [1.82, 2.24) is 20.9 Å². The maximum atomic E-state index is 13.1. The van der Waals surface area contributed by atoms with Crippen molar-refractivity contribution in [1.29, 1.82) is 0 Å². The van der Waals surface area contributed by atoms with Crippen molar-refractivity contribution in [2.75, 3.05) is 39.5 Å². The Kier molecular flexibility index (Phi) is 11.5. The SMILES string of the molecule is CC(C)C[C@H](NC(=O)CN1CCOCC1)C(=O)N[C@]1(C(=O)N[C@@H](COC(F)F)C(=O)O)CC1OC(F)F. The number of nitrogens with zero attached hydrogens (tertiary/aromatic N) is 1. The standard InChI is InChI=1S/C21H32F4N4O8/c1-11(2)7-12(26-15(30)9-29-3-5-35-6-4-29)16(31)28-21(8-14(21)37-20(24)25)18(34)27-13(17(32)33)10-36-19(22)23/h11-14,19-20H,3-10H2,1-2H3,(H,26,30)(H,27,34)(H,28,31)(H,32,33)/t12-,13-,14?,21+/m0/s1. The Hall–Kier alpha value is -2.56. The molecule has 2 fully saturated rings. The summed E-state index contributed by atoms with van der Waals surface area (Å²) in [4.78, 5) is 51.7. The molecule has 4 atom stereocenters. The summed E-state index contributed by atoms with van der Waals surface area (Å²) < 4.78 is 63.9. The second-order valence-electron chi connectivity index (χ2n) is 9.15. The number of ether oxygens (including phenoxy) is 3. The van der Waals surface area contributed by atoms with Gasteiger partial charge in [-0.05, 0) is 12.3 Å². The molecule has 0 spiro atoms. The molecule has 3 amide bonds. The fourth-order valence-corrected chi connectivity index (χ4v) is 3.79. The highest BCUT2D eigenvalue weighted by molar-refractivity contribution is 5.99. The molecule has 0 bridgehead atoms. The molecule has 1 aliphatic heterocycles.